The molecule has 0 bridgehead atoms. The number of benzene rings is 2. The first-order valence-corrected chi connectivity index (χ1v) is 11.3. The zero-order chi connectivity index (χ0) is 25.6. The van der Waals surface area contributed by atoms with E-state index in [9.17, 15) is 19.2 Å². The molecule has 9 heteroatoms. The molecule has 3 rings (SSSR count). The van der Waals surface area contributed by atoms with Gasteiger partial charge in [0.2, 0.25) is 5.91 Å². The van der Waals surface area contributed by atoms with Crippen LogP contribution in [0.15, 0.2) is 48.5 Å². The Labute approximate surface area is 204 Å². The molecular formula is C26H30N2O7. The van der Waals surface area contributed by atoms with Gasteiger partial charge in [-0.25, -0.2) is 0 Å². The predicted octanol–water partition coefficient (Wildman–Crippen LogP) is 2.85. The molecule has 1 aliphatic heterocycles. The van der Waals surface area contributed by atoms with Crippen LogP contribution < -0.4 is 10.5 Å². The predicted molar refractivity (Wildman–Crippen MR) is 127 cm³/mol. The second-order valence-electron chi connectivity index (χ2n) is 9.09. The average Bonchev–Trinajstić information content (AvgIpc) is 3.04. The van der Waals surface area contributed by atoms with Gasteiger partial charge < -0.3 is 19.9 Å². The van der Waals surface area contributed by atoms with E-state index in [1.54, 1.807) is 32.9 Å². The van der Waals surface area contributed by atoms with Gasteiger partial charge in [-0.05, 0) is 44.9 Å². The molecule has 1 atom stereocenters. The second kappa shape index (κ2) is 11.1. The number of hydrogen-bond donors (Lipinski definition) is 1. The van der Waals surface area contributed by atoms with Gasteiger partial charge in [-0.15, -0.1) is 0 Å². The molecule has 2 aromatic rings. The van der Waals surface area contributed by atoms with Gasteiger partial charge in [-0.1, -0.05) is 36.4 Å². The first kappa shape index (κ1) is 25.9. The van der Waals surface area contributed by atoms with E-state index in [1.165, 1.54) is 6.07 Å². The fraction of sp³-hybridized carbons (Fsp3) is 0.385. The van der Waals surface area contributed by atoms with Crippen LogP contribution in [-0.4, -0.2) is 53.4 Å². The Balaban J connectivity index is 1.65. The number of rotatable bonds is 11. The molecule has 186 valence electrons. The number of ether oxygens (including phenoxy) is 3. The van der Waals surface area contributed by atoms with Crippen molar-refractivity contribution in [2.75, 3.05) is 13.2 Å². The molecule has 0 spiro atoms. The van der Waals surface area contributed by atoms with Crippen molar-refractivity contribution in [3.63, 3.8) is 0 Å². The average molecular weight is 483 g/mol. The van der Waals surface area contributed by atoms with E-state index in [0.29, 0.717) is 6.61 Å². The summed E-state index contributed by atoms with van der Waals surface area (Å²) in [6, 6.07) is 13.0. The zero-order valence-corrected chi connectivity index (χ0v) is 20.1. The van der Waals surface area contributed by atoms with Crippen molar-refractivity contribution in [1.82, 2.24) is 4.90 Å². The number of amides is 3. The standard InChI is InChI=1S/C26H30N2O7/c1-26(2,3)35-21(29)13-12-19(23(27)30)28-24(31)18-10-7-11-20(22(18)25(28)32)34-15-14-33-16-17-8-5-4-6-9-17/h4-11,19H,12-16H2,1-3H3,(H2,27,30)/t19-/m0/s1. The highest BCUT2D eigenvalue weighted by Gasteiger charge is 2.44. The van der Waals surface area contributed by atoms with Gasteiger partial charge in [0, 0.05) is 6.42 Å². The maximum atomic E-state index is 13.2. The minimum absolute atomic E-state index is 0.0593. The number of esters is 1. The lowest BCUT2D eigenvalue weighted by molar-refractivity contribution is -0.155. The highest BCUT2D eigenvalue weighted by atomic mass is 16.6. The summed E-state index contributed by atoms with van der Waals surface area (Å²) in [5.74, 6) is -2.59. The van der Waals surface area contributed by atoms with Gasteiger partial charge in [0.15, 0.2) is 0 Å². The van der Waals surface area contributed by atoms with Crippen molar-refractivity contribution < 1.29 is 33.4 Å². The smallest absolute Gasteiger partial charge is 0.306 e. The summed E-state index contributed by atoms with van der Waals surface area (Å²) < 4.78 is 16.6. The number of primary amides is 1. The van der Waals surface area contributed by atoms with Gasteiger partial charge in [0.25, 0.3) is 11.8 Å². The lowest BCUT2D eigenvalue weighted by Gasteiger charge is -2.24. The fourth-order valence-corrected chi connectivity index (χ4v) is 3.70. The van der Waals surface area contributed by atoms with E-state index in [2.05, 4.69) is 0 Å². The Hall–Kier alpha value is -3.72. The molecule has 2 N–H and O–H groups in total. The molecule has 0 saturated carbocycles. The third-order valence-corrected chi connectivity index (χ3v) is 5.19. The fourth-order valence-electron chi connectivity index (χ4n) is 3.70. The summed E-state index contributed by atoms with van der Waals surface area (Å²) in [4.78, 5) is 51.3. The normalized spacial score (nSPS) is 14.0. The van der Waals surface area contributed by atoms with Crippen LogP contribution in [0, 0.1) is 0 Å². The lowest BCUT2D eigenvalue weighted by Crippen LogP contribution is -2.48. The third-order valence-electron chi connectivity index (χ3n) is 5.19. The summed E-state index contributed by atoms with van der Waals surface area (Å²) in [7, 11) is 0. The molecule has 3 amide bonds. The molecule has 0 aromatic heterocycles. The molecule has 0 saturated heterocycles. The number of hydrogen-bond acceptors (Lipinski definition) is 7. The van der Waals surface area contributed by atoms with Gasteiger partial charge in [0.05, 0.1) is 24.3 Å². The Bertz CT molecular complexity index is 1090. The first-order valence-electron chi connectivity index (χ1n) is 11.3. The van der Waals surface area contributed by atoms with Crippen LogP contribution in [0.25, 0.3) is 0 Å². The summed E-state index contributed by atoms with van der Waals surface area (Å²) >= 11 is 0. The minimum atomic E-state index is -1.29. The van der Waals surface area contributed by atoms with Gasteiger partial charge >= 0.3 is 5.97 Å². The van der Waals surface area contributed by atoms with Crippen LogP contribution in [-0.2, 0) is 25.7 Å². The van der Waals surface area contributed by atoms with Crippen molar-refractivity contribution in [2.45, 2.75) is 51.9 Å². The van der Waals surface area contributed by atoms with E-state index >= 15 is 0 Å². The molecular weight excluding hydrogens is 452 g/mol. The second-order valence-corrected chi connectivity index (χ2v) is 9.09. The van der Waals surface area contributed by atoms with Crippen molar-refractivity contribution in [1.29, 1.82) is 0 Å². The Morgan fingerprint density at radius 2 is 1.69 bits per heavy atom. The number of nitrogens with zero attached hydrogens (tertiary/aromatic N) is 1. The number of carbonyl (C=O) groups is 4. The van der Waals surface area contributed by atoms with Crippen molar-refractivity contribution in [3.05, 3.63) is 65.2 Å². The number of carbonyl (C=O) groups excluding carboxylic acids is 4. The van der Waals surface area contributed by atoms with Crippen LogP contribution in [0.2, 0.25) is 0 Å². The van der Waals surface area contributed by atoms with Crippen molar-refractivity contribution in [2.24, 2.45) is 5.73 Å². The number of imide groups is 1. The highest BCUT2D eigenvalue weighted by Crippen LogP contribution is 2.33. The quantitative estimate of drug-likeness (QED) is 0.297. The third kappa shape index (κ3) is 6.66. The van der Waals surface area contributed by atoms with Crippen molar-refractivity contribution >= 4 is 23.7 Å². The molecule has 35 heavy (non-hydrogen) atoms. The van der Waals surface area contributed by atoms with E-state index < -0.39 is 35.3 Å². The maximum absolute atomic E-state index is 13.2. The largest absolute Gasteiger partial charge is 0.490 e. The molecule has 1 heterocycles. The SMILES string of the molecule is CC(C)(C)OC(=O)CC[C@@H](C(N)=O)N1C(=O)c2cccc(OCCOCc3ccccc3)c2C1=O. The Morgan fingerprint density at radius 1 is 0.971 bits per heavy atom. The van der Waals surface area contributed by atoms with E-state index in [4.69, 9.17) is 19.9 Å². The highest BCUT2D eigenvalue weighted by molar-refractivity contribution is 6.24. The summed E-state index contributed by atoms with van der Waals surface area (Å²) in [6.07, 6.45) is -0.320. The van der Waals surface area contributed by atoms with Gasteiger partial charge in [-0.3, -0.25) is 24.1 Å². The number of nitrogens with two attached hydrogens (primary N) is 1. The van der Waals surface area contributed by atoms with Crippen LogP contribution in [0.4, 0.5) is 0 Å². The van der Waals surface area contributed by atoms with Gasteiger partial charge in [0.1, 0.15) is 24.0 Å². The molecule has 0 fully saturated rings. The van der Waals surface area contributed by atoms with Crippen LogP contribution in [0.5, 0.6) is 5.75 Å². The summed E-state index contributed by atoms with van der Waals surface area (Å²) in [5.41, 5.74) is 5.99. The lowest BCUT2D eigenvalue weighted by atomic mass is 10.1. The molecule has 9 nitrogen and oxygen atoms in total. The van der Waals surface area contributed by atoms with Crippen LogP contribution in [0.1, 0.15) is 59.9 Å². The Kier molecular flexibility index (Phi) is 8.24. The first-order chi connectivity index (χ1) is 16.6. The number of fused-ring (bicyclic) bond motifs is 1. The summed E-state index contributed by atoms with van der Waals surface area (Å²) in [5, 5.41) is 0. The topological polar surface area (TPSA) is 125 Å². The molecule has 0 aliphatic carbocycles. The Morgan fingerprint density at radius 3 is 2.34 bits per heavy atom. The molecule has 2 aromatic carbocycles. The van der Waals surface area contributed by atoms with E-state index in [-0.39, 0.29) is 42.9 Å². The zero-order valence-electron chi connectivity index (χ0n) is 20.1. The monoisotopic (exact) mass is 482 g/mol. The molecule has 0 radical (unpaired) electrons. The van der Waals surface area contributed by atoms with Crippen molar-refractivity contribution in [3.8, 4) is 5.75 Å². The maximum Gasteiger partial charge on any atom is 0.306 e. The van der Waals surface area contributed by atoms with E-state index in [0.717, 1.165) is 10.5 Å². The van der Waals surface area contributed by atoms with Crippen LogP contribution >= 0.6 is 0 Å². The summed E-state index contributed by atoms with van der Waals surface area (Å²) in [6.45, 7) is 5.99. The molecule has 0 unspecified atom stereocenters. The molecule has 1 aliphatic rings. The van der Waals surface area contributed by atoms with Crippen LogP contribution in [0.3, 0.4) is 0 Å². The van der Waals surface area contributed by atoms with E-state index in [1.807, 2.05) is 30.3 Å². The minimum Gasteiger partial charge on any atom is -0.490 e. The van der Waals surface area contributed by atoms with Gasteiger partial charge in [-0.2, -0.15) is 0 Å².